The van der Waals surface area contributed by atoms with Crippen molar-refractivity contribution < 1.29 is 0 Å². The molecule has 3 rings (SSSR count). The Morgan fingerprint density at radius 1 is 1.27 bits per heavy atom. The molecular weight excluding hydrogens is 210 g/mol. The molecule has 0 amide bonds. The molecule has 0 atom stereocenters. The van der Waals surface area contributed by atoms with Crippen molar-refractivity contribution >= 4 is 22.2 Å². The quantitative estimate of drug-likeness (QED) is 0.669. The highest BCUT2D eigenvalue weighted by Gasteiger charge is 2.09. The van der Waals surface area contributed by atoms with Gasteiger partial charge in [-0.1, -0.05) is 0 Å². The van der Waals surface area contributed by atoms with Crippen LogP contribution in [0.15, 0.2) is 29.9 Å². The zero-order chi connectivity index (χ0) is 10.3. The molecule has 0 aliphatic heterocycles. The monoisotopic (exact) mass is 217 g/mol. The first-order valence-electron chi connectivity index (χ1n) is 4.35. The van der Waals surface area contributed by atoms with Crippen LogP contribution in [0.25, 0.3) is 16.2 Å². The lowest BCUT2D eigenvalue weighted by molar-refractivity contribution is 0.992. The van der Waals surface area contributed by atoms with Gasteiger partial charge in [0, 0.05) is 23.3 Å². The van der Waals surface area contributed by atoms with Crippen molar-refractivity contribution in [3.63, 3.8) is 0 Å². The molecule has 3 aromatic heterocycles. The molecule has 0 unspecified atom stereocenters. The van der Waals surface area contributed by atoms with Gasteiger partial charge in [-0.15, -0.1) is 16.4 Å². The minimum absolute atomic E-state index is 0.303. The number of hydrogen-bond donors (Lipinski definition) is 1. The molecule has 3 aromatic rings. The minimum atomic E-state index is 0.303. The summed E-state index contributed by atoms with van der Waals surface area (Å²) in [7, 11) is 0. The number of hydrogen-bond acceptors (Lipinski definition) is 5. The van der Waals surface area contributed by atoms with Gasteiger partial charge in [0.1, 0.15) is 0 Å². The first kappa shape index (κ1) is 8.37. The number of nitrogens with two attached hydrogens (primary N) is 1. The van der Waals surface area contributed by atoms with Gasteiger partial charge in [-0.2, -0.15) is 4.98 Å². The zero-order valence-corrected chi connectivity index (χ0v) is 8.48. The average Bonchev–Trinajstić information content (AvgIpc) is 2.77. The number of rotatable bonds is 1. The highest BCUT2D eigenvalue weighted by molar-refractivity contribution is 7.15. The normalized spacial score (nSPS) is 10.9. The minimum Gasteiger partial charge on any atom is -0.366 e. The lowest BCUT2D eigenvalue weighted by atomic mass is 10.2. The van der Waals surface area contributed by atoms with Crippen LogP contribution >= 0.6 is 11.3 Å². The molecule has 3 heterocycles. The smallest absolute Gasteiger partial charge is 0.241 e. The van der Waals surface area contributed by atoms with E-state index in [0.717, 1.165) is 16.2 Å². The summed E-state index contributed by atoms with van der Waals surface area (Å²) in [5.74, 6) is 0.303. The lowest BCUT2D eigenvalue weighted by Crippen LogP contribution is -1.91. The van der Waals surface area contributed by atoms with Crippen LogP contribution in [-0.4, -0.2) is 19.6 Å². The number of nitrogen functional groups attached to an aromatic ring is 1. The first-order chi connectivity index (χ1) is 7.34. The van der Waals surface area contributed by atoms with E-state index in [1.165, 1.54) is 11.3 Å². The van der Waals surface area contributed by atoms with Gasteiger partial charge < -0.3 is 5.73 Å². The Morgan fingerprint density at radius 3 is 2.87 bits per heavy atom. The summed E-state index contributed by atoms with van der Waals surface area (Å²) in [6, 6.07) is 3.86. The largest absolute Gasteiger partial charge is 0.366 e. The zero-order valence-electron chi connectivity index (χ0n) is 7.66. The van der Waals surface area contributed by atoms with Gasteiger partial charge in [-0.05, 0) is 12.1 Å². The molecule has 0 spiro atoms. The van der Waals surface area contributed by atoms with Crippen molar-refractivity contribution in [3.05, 3.63) is 29.9 Å². The predicted molar refractivity (Wildman–Crippen MR) is 58.5 cm³/mol. The fraction of sp³-hybridized carbons (Fsp3) is 0. The van der Waals surface area contributed by atoms with Gasteiger partial charge in [0.15, 0.2) is 0 Å². The summed E-state index contributed by atoms with van der Waals surface area (Å²) in [5, 5.41) is 6.13. The Morgan fingerprint density at radius 2 is 2.07 bits per heavy atom. The standard InChI is InChI=1S/C9H7N5S/c10-8-12-9-14(13-8)7(5-15-9)6-1-3-11-4-2-6/h1-5H,(H2,10,13). The number of pyridine rings is 1. The lowest BCUT2D eigenvalue weighted by Gasteiger charge is -1.96. The molecule has 0 aromatic carbocycles. The Kier molecular flexibility index (Phi) is 1.69. The summed E-state index contributed by atoms with van der Waals surface area (Å²) in [6.45, 7) is 0. The van der Waals surface area contributed by atoms with E-state index in [9.17, 15) is 0 Å². The number of anilines is 1. The van der Waals surface area contributed by atoms with Crippen molar-refractivity contribution in [1.82, 2.24) is 19.6 Å². The SMILES string of the molecule is Nc1nc2scc(-c3ccncc3)n2n1. The van der Waals surface area contributed by atoms with Gasteiger partial charge in [-0.25, -0.2) is 4.52 Å². The molecule has 15 heavy (non-hydrogen) atoms. The van der Waals surface area contributed by atoms with E-state index in [1.807, 2.05) is 17.5 Å². The third kappa shape index (κ3) is 1.26. The van der Waals surface area contributed by atoms with E-state index < -0.39 is 0 Å². The topological polar surface area (TPSA) is 69.1 Å². The van der Waals surface area contributed by atoms with E-state index in [-0.39, 0.29) is 0 Å². The molecule has 0 bridgehead atoms. The molecule has 74 valence electrons. The van der Waals surface area contributed by atoms with Crippen molar-refractivity contribution in [2.24, 2.45) is 0 Å². The number of thiazole rings is 1. The van der Waals surface area contributed by atoms with Crippen LogP contribution in [0, 0.1) is 0 Å². The molecule has 0 aliphatic rings. The van der Waals surface area contributed by atoms with E-state index in [4.69, 9.17) is 5.73 Å². The molecule has 0 fully saturated rings. The van der Waals surface area contributed by atoms with Crippen molar-refractivity contribution in [2.45, 2.75) is 0 Å². The van der Waals surface area contributed by atoms with Crippen LogP contribution in [0.1, 0.15) is 0 Å². The second-order valence-electron chi connectivity index (χ2n) is 3.02. The molecule has 0 saturated carbocycles. The van der Waals surface area contributed by atoms with Crippen LogP contribution in [0.4, 0.5) is 5.95 Å². The Labute approximate surface area is 89.2 Å². The van der Waals surface area contributed by atoms with E-state index in [1.54, 1.807) is 16.9 Å². The Bertz CT molecular complexity index is 597. The summed E-state index contributed by atoms with van der Waals surface area (Å²) < 4.78 is 1.75. The van der Waals surface area contributed by atoms with Crippen LogP contribution in [-0.2, 0) is 0 Å². The van der Waals surface area contributed by atoms with Crippen LogP contribution in [0.5, 0.6) is 0 Å². The number of nitrogens with zero attached hydrogens (tertiary/aromatic N) is 4. The molecule has 6 heteroatoms. The Balaban J connectivity index is 2.27. The maximum Gasteiger partial charge on any atom is 0.241 e. The Hall–Kier alpha value is -1.95. The second-order valence-corrected chi connectivity index (χ2v) is 3.86. The summed E-state index contributed by atoms with van der Waals surface area (Å²) in [6.07, 6.45) is 3.50. The highest BCUT2D eigenvalue weighted by atomic mass is 32.1. The molecule has 0 aliphatic carbocycles. The van der Waals surface area contributed by atoms with Crippen LogP contribution in [0.2, 0.25) is 0 Å². The third-order valence-corrected chi connectivity index (χ3v) is 2.89. The fourth-order valence-corrected chi connectivity index (χ4v) is 2.26. The molecular formula is C9H7N5S. The van der Waals surface area contributed by atoms with E-state index >= 15 is 0 Å². The van der Waals surface area contributed by atoms with E-state index in [2.05, 4.69) is 15.1 Å². The van der Waals surface area contributed by atoms with Crippen LogP contribution in [0.3, 0.4) is 0 Å². The molecule has 2 N–H and O–H groups in total. The molecule has 0 radical (unpaired) electrons. The van der Waals surface area contributed by atoms with E-state index in [0.29, 0.717) is 5.95 Å². The summed E-state index contributed by atoms with van der Waals surface area (Å²) in [4.78, 5) is 8.87. The van der Waals surface area contributed by atoms with Crippen molar-refractivity contribution in [3.8, 4) is 11.3 Å². The van der Waals surface area contributed by atoms with Crippen molar-refractivity contribution in [2.75, 3.05) is 5.73 Å². The summed E-state index contributed by atoms with van der Waals surface area (Å²) >= 11 is 1.52. The highest BCUT2D eigenvalue weighted by Crippen LogP contribution is 2.24. The number of aromatic nitrogens is 4. The van der Waals surface area contributed by atoms with Gasteiger partial charge in [0.05, 0.1) is 5.69 Å². The van der Waals surface area contributed by atoms with Gasteiger partial charge in [0.2, 0.25) is 10.9 Å². The predicted octanol–water partition coefficient (Wildman–Crippen LogP) is 1.43. The van der Waals surface area contributed by atoms with Gasteiger partial charge >= 0.3 is 0 Å². The fourth-order valence-electron chi connectivity index (χ4n) is 1.42. The molecule has 0 saturated heterocycles. The first-order valence-corrected chi connectivity index (χ1v) is 5.23. The second kappa shape index (κ2) is 3.03. The van der Waals surface area contributed by atoms with Gasteiger partial charge in [-0.3, -0.25) is 4.98 Å². The average molecular weight is 217 g/mol. The molecule has 5 nitrogen and oxygen atoms in total. The number of fused-ring (bicyclic) bond motifs is 1. The van der Waals surface area contributed by atoms with Gasteiger partial charge in [0.25, 0.3) is 0 Å². The third-order valence-electron chi connectivity index (χ3n) is 2.07. The maximum atomic E-state index is 5.53. The van der Waals surface area contributed by atoms with Crippen LogP contribution < -0.4 is 5.73 Å². The maximum absolute atomic E-state index is 5.53. The van der Waals surface area contributed by atoms with Crippen molar-refractivity contribution in [1.29, 1.82) is 0 Å². The summed E-state index contributed by atoms with van der Waals surface area (Å²) in [5.41, 5.74) is 7.58.